The number of amides is 1. The highest BCUT2D eigenvalue weighted by molar-refractivity contribution is 9.10. The first-order valence-electron chi connectivity index (χ1n) is 5.11. The fourth-order valence-corrected chi connectivity index (χ4v) is 3.31. The number of nitrogens with zero attached hydrogens (tertiary/aromatic N) is 1. The average Bonchev–Trinajstić information content (AvgIpc) is 2.82. The fraction of sp³-hybridized carbons (Fsp3) is 0.0909. The monoisotopic (exact) mass is 379 g/mol. The van der Waals surface area contributed by atoms with Gasteiger partial charge >= 0.3 is 0 Å². The molecule has 0 atom stereocenters. The van der Waals surface area contributed by atoms with Gasteiger partial charge < -0.3 is 11.1 Å². The summed E-state index contributed by atoms with van der Waals surface area (Å²) in [7, 11) is 0. The molecule has 0 bridgehead atoms. The topological polar surface area (TPSA) is 68.0 Å². The van der Waals surface area contributed by atoms with Gasteiger partial charge in [0.2, 0.25) is 0 Å². The van der Waals surface area contributed by atoms with Crippen LogP contribution >= 0.6 is 50.5 Å². The van der Waals surface area contributed by atoms with E-state index in [0.717, 1.165) is 4.47 Å². The Kier molecular flexibility index (Phi) is 4.81. The summed E-state index contributed by atoms with van der Waals surface area (Å²) in [6, 6.07) is 3.30. The number of thiazole rings is 1. The van der Waals surface area contributed by atoms with Gasteiger partial charge in [-0.3, -0.25) is 4.79 Å². The lowest BCUT2D eigenvalue weighted by Gasteiger charge is -2.08. The number of nitrogens with one attached hydrogen (secondary N) is 1. The van der Waals surface area contributed by atoms with Crippen molar-refractivity contribution < 1.29 is 4.79 Å². The van der Waals surface area contributed by atoms with E-state index in [2.05, 4.69) is 26.2 Å². The molecule has 0 saturated carbocycles. The van der Waals surface area contributed by atoms with E-state index in [4.69, 9.17) is 28.9 Å². The van der Waals surface area contributed by atoms with Gasteiger partial charge in [0.05, 0.1) is 15.7 Å². The molecule has 0 radical (unpaired) electrons. The van der Waals surface area contributed by atoms with Crippen LogP contribution in [-0.4, -0.2) is 10.9 Å². The van der Waals surface area contributed by atoms with E-state index >= 15 is 0 Å². The molecule has 8 heteroatoms. The zero-order valence-electron chi connectivity index (χ0n) is 9.41. The van der Waals surface area contributed by atoms with Crippen LogP contribution < -0.4 is 11.1 Å². The third kappa shape index (κ3) is 3.46. The molecule has 1 aromatic heterocycles. The van der Waals surface area contributed by atoms with Crippen molar-refractivity contribution in [3.05, 3.63) is 42.7 Å². The summed E-state index contributed by atoms with van der Waals surface area (Å²) in [4.78, 5) is 16.1. The van der Waals surface area contributed by atoms with Gasteiger partial charge in [-0.15, -0.1) is 11.3 Å². The van der Waals surface area contributed by atoms with Crippen LogP contribution in [-0.2, 0) is 6.54 Å². The smallest absolute Gasteiger partial charge is 0.275 e. The van der Waals surface area contributed by atoms with Crippen LogP contribution in [0.5, 0.6) is 0 Å². The second-order valence-electron chi connectivity index (χ2n) is 3.53. The summed E-state index contributed by atoms with van der Waals surface area (Å²) >= 11 is 16.7. The number of hydrogen-bond acceptors (Lipinski definition) is 4. The number of halogens is 3. The van der Waals surface area contributed by atoms with Crippen LogP contribution in [0.4, 0.5) is 5.69 Å². The zero-order chi connectivity index (χ0) is 14.0. The Hall–Kier alpha value is -0.660. The molecule has 1 aromatic carbocycles. The van der Waals surface area contributed by atoms with Gasteiger partial charge in [-0.25, -0.2) is 4.98 Å². The summed E-state index contributed by atoms with van der Waals surface area (Å²) in [5.41, 5.74) is 6.10. The SMILES string of the molecule is NCc1nc(C(=O)Nc2c(Cl)cc(Br)cc2Cl)cs1. The van der Waals surface area contributed by atoms with E-state index in [9.17, 15) is 4.79 Å². The molecule has 0 saturated heterocycles. The first kappa shape index (κ1) is 14.7. The van der Waals surface area contributed by atoms with Crippen molar-refractivity contribution in [2.45, 2.75) is 6.54 Å². The molecule has 2 aromatic rings. The van der Waals surface area contributed by atoms with Crippen molar-refractivity contribution in [2.24, 2.45) is 5.73 Å². The fourth-order valence-electron chi connectivity index (χ4n) is 1.35. The minimum Gasteiger partial charge on any atom is -0.325 e. The maximum absolute atomic E-state index is 12.0. The molecule has 4 nitrogen and oxygen atoms in total. The normalized spacial score (nSPS) is 10.5. The predicted octanol–water partition coefficient (Wildman–Crippen LogP) is 3.92. The number of rotatable bonds is 3. The van der Waals surface area contributed by atoms with Gasteiger partial charge in [0.25, 0.3) is 5.91 Å². The number of anilines is 1. The molecule has 1 heterocycles. The van der Waals surface area contributed by atoms with Crippen LogP contribution in [0.1, 0.15) is 15.5 Å². The van der Waals surface area contributed by atoms with E-state index in [-0.39, 0.29) is 5.91 Å². The van der Waals surface area contributed by atoms with Gasteiger partial charge in [-0.2, -0.15) is 0 Å². The van der Waals surface area contributed by atoms with Crippen LogP contribution in [0, 0.1) is 0 Å². The van der Waals surface area contributed by atoms with E-state index in [1.807, 2.05) is 0 Å². The summed E-state index contributed by atoms with van der Waals surface area (Å²) < 4.78 is 0.736. The molecule has 0 aliphatic rings. The Labute approximate surface area is 132 Å². The summed E-state index contributed by atoms with van der Waals surface area (Å²) in [5, 5.41) is 5.67. The number of carbonyl (C=O) groups is 1. The highest BCUT2D eigenvalue weighted by atomic mass is 79.9. The van der Waals surface area contributed by atoms with E-state index < -0.39 is 0 Å². The summed E-state index contributed by atoms with van der Waals surface area (Å²) in [6.07, 6.45) is 0. The van der Waals surface area contributed by atoms with Crippen molar-refractivity contribution in [1.82, 2.24) is 4.98 Å². The Morgan fingerprint density at radius 3 is 2.58 bits per heavy atom. The lowest BCUT2D eigenvalue weighted by atomic mass is 10.3. The van der Waals surface area contributed by atoms with E-state index in [1.54, 1.807) is 17.5 Å². The molecule has 0 fully saturated rings. The van der Waals surface area contributed by atoms with Crippen molar-refractivity contribution in [3.63, 3.8) is 0 Å². The number of nitrogens with two attached hydrogens (primary N) is 1. The lowest BCUT2D eigenvalue weighted by molar-refractivity contribution is 0.102. The van der Waals surface area contributed by atoms with Gasteiger partial charge in [-0.05, 0) is 12.1 Å². The Balaban J connectivity index is 2.24. The largest absolute Gasteiger partial charge is 0.325 e. The molecule has 0 aliphatic heterocycles. The van der Waals surface area contributed by atoms with E-state index in [1.165, 1.54) is 11.3 Å². The highest BCUT2D eigenvalue weighted by Crippen LogP contribution is 2.34. The third-order valence-corrected chi connectivity index (χ3v) is 4.13. The number of aromatic nitrogens is 1. The van der Waals surface area contributed by atoms with Crippen molar-refractivity contribution in [1.29, 1.82) is 0 Å². The third-order valence-electron chi connectivity index (χ3n) is 2.20. The molecule has 100 valence electrons. The van der Waals surface area contributed by atoms with Gasteiger partial charge in [0, 0.05) is 16.4 Å². The van der Waals surface area contributed by atoms with Gasteiger partial charge in [-0.1, -0.05) is 39.1 Å². The predicted molar refractivity (Wildman–Crippen MR) is 82.1 cm³/mol. The Morgan fingerprint density at radius 2 is 2.05 bits per heavy atom. The second-order valence-corrected chi connectivity index (χ2v) is 6.20. The minimum atomic E-state index is -0.373. The molecule has 2 rings (SSSR count). The average molecular weight is 381 g/mol. The minimum absolute atomic E-state index is 0.292. The van der Waals surface area contributed by atoms with Crippen molar-refractivity contribution >= 4 is 62.1 Å². The Bertz CT molecular complexity index is 609. The molecule has 19 heavy (non-hydrogen) atoms. The second kappa shape index (κ2) is 6.19. The summed E-state index contributed by atoms with van der Waals surface area (Å²) in [5.74, 6) is -0.373. The first-order valence-corrected chi connectivity index (χ1v) is 7.54. The number of carbonyl (C=O) groups excluding carboxylic acids is 1. The van der Waals surface area contributed by atoms with Crippen LogP contribution in [0.2, 0.25) is 10.0 Å². The Morgan fingerprint density at radius 1 is 1.42 bits per heavy atom. The first-order chi connectivity index (χ1) is 9.01. The van der Waals surface area contributed by atoms with E-state index in [0.29, 0.717) is 33.0 Å². The number of benzene rings is 1. The molecule has 0 spiro atoms. The summed E-state index contributed by atoms with van der Waals surface area (Å²) in [6.45, 7) is 0.303. The van der Waals surface area contributed by atoms with Gasteiger partial charge in [0.1, 0.15) is 10.7 Å². The molecule has 1 amide bonds. The molecule has 0 unspecified atom stereocenters. The molecule has 3 N–H and O–H groups in total. The number of hydrogen-bond donors (Lipinski definition) is 2. The molecular weight excluding hydrogens is 373 g/mol. The van der Waals surface area contributed by atoms with Crippen molar-refractivity contribution in [2.75, 3.05) is 5.32 Å². The standard InChI is InChI=1S/C11H8BrCl2N3OS/c12-5-1-6(13)10(7(14)2-5)17-11(18)8-4-19-9(3-15)16-8/h1-2,4H,3,15H2,(H,17,18). The maximum Gasteiger partial charge on any atom is 0.275 e. The zero-order valence-corrected chi connectivity index (χ0v) is 13.3. The molecule has 0 aliphatic carbocycles. The lowest BCUT2D eigenvalue weighted by Crippen LogP contribution is -2.13. The van der Waals surface area contributed by atoms with Crippen LogP contribution in [0.15, 0.2) is 22.0 Å². The maximum atomic E-state index is 12.0. The van der Waals surface area contributed by atoms with Crippen LogP contribution in [0.3, 0.4) is 0 Å². The molecular formula is C11H8BrCl2N3OS. The quantitative estimate of drug-likeness (QED) is 0.847. The van der Waals surface area contributed by atoms with Crippen LogP contribution in [0.25, 0.3) is 0 Å². The van der Waals surface area contributed by atoms with Gasteiger partial charge in [0.15, 0.2) is 0 Å². The highest BCUT2D eigenvalue weighted by Gasteiger charge is 2.15. The van der Waals surface area contributed by atoms with Crippen molar-refractivity contribution in [3.8, 4) is 0 Å².